The van der Waals surface area contributed by atoms with E-state index in [1.165, 1.54) is 6.92 Å². The molecule has 0 aromatic heterocycles. The molecule has 0 heterocycles. The van der Waals surface area contributed by atoms with Crippen molar-refractivity contribution in [2.24, 2.45) is 0 Å². The number of hydrogen-bond donors (Lipinski definition) is 3. The second-order valence-corrected chi connectivity index (χ2v) is 5.00. The average molecular weight is 266 g/mol. The van der Waals surface area contributed by atoms with Crippen molar-refractivity contribution < 1.29 is 23.7 Å². The summed E-state index contributed by atoms with van der Waals surface area (Å²) >= 11 is 0. The zero-order chi connectivity index (χ0) is 13.5. The van der Waals surface area contributed by atoms with Crippen LogP contribution in [0.25, 0.3) is 0 Å². The van der Waals surface area contributed by atoms with Crippen LogP contribution in [0.3, 0.4) is 0 Å². The van der Waals surface area contributed by atoms with E-state index in [0.29, 0.717) is 6.54 Å². The van der Waals surface area contributed by atoms with Crippen molar-refractivity contribution in [2.75, 3.05) is 27.2 Å². The van der Waals surface area contributed by atoms with Crippen molar-refractivity contribution in [3.63, 3.8) is 0 Å². The maximum atomic E-state index is 11.4. The summed E-state index contributed by atoms with van der Waals surface area (Å²) in [6.45, 7) is 2.76. The number of phosphoric acid groups is 1. The van der Waals surface area contributed by atoms with E-state index >= 15 is 0 Å². The predicted octanol–water partition coefficient (Wildman–Crippen LogP) is 0.0674. The van der Waals surface area contributed by atoms with E-state index in [1.54, 1.807) is 0 Å². The molecule has 0 rings (SSSR count). The predicted molar refractivity (Wildman–Crippen MR) is 63.1 cm³/mol. The quantitative estimate of drug-likeness (QED) is 0.261. The Bertz CT molecular complexity index is 323. The van der Waals surface area contributed by atoms with Gasteiger partial charge in [0.1, 0.15) is 6.26 Å². The average Bonchev–Trinajstić information content (AvgIpc) is 2.19. The zero-order valence-corrected chi connectivity index (χ0v) is 11.1. The van der Waals surface area contributed by atoms with E-state index in [2.05, 4.69) is 9.84 Å². The third-order valence-electron chi connectivity index (χ3n) is 1.79. The van der Waals surface area contributed by atoms with Crippen LogP contribution in [-0.2, 0) is 13.9 Å². The lowest BCUT2D eigenvalue weighted by Gasteiger charge is -2.10. The van der Waals surface area contributed by atoms with Gasteiger partial charge in [0.25, 0.3) is 0 Å². The summed E-state index contributed by atoms with van der Waals surface area (Å²) in [4.78, 5) is 30.2. The second kappa shape index (κ2) is 7.45. The highest BCUT2D eigenvalue weighted by Crippen LogP contribution is 2.36. The highest BCUT2D eigenvalue weighted by molar-refractivity contribution is 7.46. The smallest absolute Gasteiger partial charge is 0.412 e. The lowest BCUT2D eigenvalue weighted by molar-refractivity contribution is -0.117. The number of carbonyl (C=O) groups excluding carboxylic acids is 1. The van der Waals surface area contributed by atoms with Gasteiger partial charge in [-0.15, -0.1) is 0 Å². The van der Waals surface area contributed by atoms with Gasteiger partial charge in [-0.05, 0) is 34.0 Å². The number of hydrogen-bond acceptors (Lipinski definition) is 4. The first-order valence-corrected chi connectivity index (χ1v) is 6.59. The lowest BCUT2D eigenvalue weighted by Crippen LogP contribution is -2.27. The van der Waals surface area contributed by atoms with E-state index < -0.39 is 13.7 Å². The molecule has 0 saturated heterocycles. The van der Waals surface area contributed by atoms with Gasteiger partial charge in [-0.1, -0.05) is 0 Å². The number of amides is 1. The SMILES string of the molecule is CC(=COP(=O)(O)O)C(=O)NCCCN(C)C. The van der Waals surface area contributed by atoms with Gasteiger partial charge < -0.3 is 14.7 Å². The molecule has 0 fully saturated rings. The lowest BCUT2D eigenvalue weighted by atomic mass is 10.3. The molecule has 0 aliphatic rings. The van der Waals surface area contributed by atoms with E-state index in [0.717, 1.165) is 19.2 Å². The fourth-order valence-electron chi connectivity index (χ4n) is 0.938. The molecule has 0 radical (unpaired) electrons. The molecular weight excluding hydrogens is 247 g/mol. The van der Waals surface area contributed by atoms with Crippen molar-refractivity contribution in [3.8, 4) is 0 Å². The Kier molecular flexibility index (Phi) is 7.06. The van der Waals surface area contributed by atoms with Gasteiger partial charge in [0.15, 0.2) is 0 Å². The molecule has 8 heteroatoms. The second-order valence-electron chi connectivity index (χ2n) is 3.81. The number of rotatable bonds is 7. The molecule has 3 N–H and O–H groups in total. The fraction of sp³-hybridized carbons (Fsp3) is 0.667. The first kappa shape index (κ1) is 16.1. The molecule has 0 unspecified atom stereocenters. The number of carbonyl (C=O) groups is 1. The van der Waals surface area contributed by atoms with Crippen molar-refractivity contribution in [2.45, 2.75) is 13.3 Å². The van der Waals surface area contributed by atoms with Crippen molar-refractivity contribution in [3.05, 3.63) is 11.8 Å². The Morgan fingerprint density at radius 3 is 2.53 bits per heavy atom. The summed E-state index contributed by atoms with van der Waals surface area (Å²) in [6, 6.07) is 0. The van der Waals surface area contributed by atoms with Crippen molar-refractivity contribution in [1.29, 1.82) is 0 Å². The molecule has 1 amide bonds. The van der Waals surface area contributed by atoms with Crippen molar-refractivity contribution >= 4 is 13.7 Å². The summed E-state index contributed by atoms with van der Waals surface area (Å²) < 4.78 is 14.5. The molecule has 0 aliphatic heterocycles. The molecule has 0 bridgehead atoms. The summed E-state index contributed by atoms with van der Waals surface area (Å²) in [5.74, 6) is -0.405. The van der Waals surface area contributed by atoms with E-state index in [-0.39, 0.29) is 5.57 Å². The molecule has 100 valence electrons. The van der Waals surface area contributed by atoms with Gasteiger partial charge in [0, 0.05) is 12.1 Å². The maximum absolute atomic E-state index is 11.4. The van der Waals surface area contributed by atoms with Gasteiger partial charge in [-0.3, -0.25) is 14.6 Å². The van der Waals surface area contributed by atoms with Gasteiger partial charge in [-0.2, -0.15) is 0 Å². The van der Waals surface area contributed by atoms with Gasteiger partial charge >= 0.3 is 7.82 Å². The Morgan fingerprint density at radius 2 is 2.06 bits per heavy atom. The topological polar surface area (TPSA) is 99.1 Å². The first-order chi connectivity index (χ1) is 7.72. The van der Waals surface area contributed by atoms with Crippen LogP contribution >= 0.6 is 7.82 Å². The van der Waals surface area contributed by atoms with Crippen molar-refractivity contribution in [1.82, 2.24) is 10.2 Å². The third-order valence-corrected chi connectivity index (χ3v) is 2.17. The fourth-order valence-corrected chi connectivity index (χ4v) is 1.23. The minimum absolute atomic E-state index is 0.109. The highest BCUT2D eigenvalue weighted by atomic mass is 31.2. The van der Waals surface area contributed by atoms with Crippen LogP contribution in [-0.4, -0.2) is 47.8 Å². The molecule has 17 heavy (non-hydrogen) atoms. The summed E-state index contributed by atoms with van der Waals surface area (Å²) in [7, 11) is -0.704. The number of nitrogens with zero attached hydrogens (tertiary/aromatic N) is 1. The molecule has 0 aromatic carbocycles. The van der Waals surface area contributed by atoms with E-state index in [1.807, 2.05) is 19.0 Å². The molecule has 0 saturated carbocycles. The molecule has 0 aromatic rings. The van der Waals surface area contributed by atoms with E-state index in [4.69, 9.17) is 9.79 Å². The highest BCUT2D eigenvalue weighted by Gasteiger charge is 2.13. The van der Waals surface area contributed by atoms with Crippen LogP contribution in [0.5, 0.6) is 0 Å². The minimum Gasteiger partial charge on any atom is -0.412 e. The van der Waals surface area contributed by atoms with Crippen LogP contribution in [0.2, 0.25) is 0 Å². The largest absolute Gasteiger partial charge is 0.524 e. The summed E-state index contributed by atoms with van der Waals surface area (Å²) in [5.41, 5.74) is 0.109. The molecular formula is C9H19N2O5P. The third kappa shape index (κ3) is 10.0. The molecule has 0 aliphatic carbocycles. The van der Waals surface area contributed by atoms with Crippen LogP contribution in [0.15, 0.2) is 11.8 Å². The molecule has 7 nitrogen and oxygen atoms in total. The van der Waals surface area contributed by atoms with Crippen LogP contribution in [0.1, 0.15) is 13.3 Å². The Hall–Kier alpha value is -0.880. The van der Waals surface area contributed by atoms with Crippen LogP contribution in [0.4, 0.5) is 0 Å². The Balaban J connectivity index is 3.94. The molecule has 0 atom stereocenters. The summed E-state index contributed by atoms with van der Waals surface area (Å²) in [5, 5.41) is 2.61. The standard InChI is InChI=1S/C9H19N2O5P/c1-8(7-16-17(13,14)15)9(12)10-5-4-6-11(2)3/h7H,4-6H2,1-3H3,(H,10,12)(H2,13,14,15). The van der Waals surface area contributed by atoms with Crippen LogP contribution < -0.4 is 5.32 Å². The van der Waals surface area contributed by atoms with Crippen LogP contribution in [0, 0.1) is 0 Å². The zero-order valence-electron chi connectivity index (χ0n) is 10.2. The summed E-state index contributed by atoms with van der Waals surface area (Å²) in [6.07, 6.45) is 1.56. The number of nitrogens with one attached hydrogen (secondary N) is 1. The molecule has 0 spiro atoms. The first-order valence-electron chi connectivity index (χ1n) is 5.06. The maximum Gasteiger partial charge on any atom is 0.524 e. The van der Waals surface area contributed by atoms with Gasteiger partial charge in [0.05, 0.1) is 0 Å². The Labute approximate surface area is 101 Å². The van der Waals surface area contributed by atoms with Gasteiger partial charge in [-0.25, -0.2) is 4.57 Å². The minimum atomic E-state index is -4.57. The van der Waals surface area contributed by atoms with Gasteiger partial charge in [0.2, 0.25) is 5.91 Å². The monoisotopic (exact) mass is 266 g/mol. The Morgan fingerprint density at radius 1 is 1.47 bits per heavy atom. The number of phosphoric ester groups is 1. The van der Waals surface area contributed by atoms with E-state index in [9.17, 15) is 9.36 Å². The normalized spacial score (nSPS) is 12.7.